The summed E-state index contributed by atoms with van der Waals surface area (Å²) in [4.78, 5) is 14.9. The van der Waals surface area contributed by atoms with Gasteiger partial charge in [-0.2, -0.15) is 0 Å². The standard InChI is InChI=1S/C29H29N3O3S/c33-29(23-11-5-2-6-12-23)32-19-17-24(18-20-32)31-27-15-7-14-26-25(27)13-8-16-28(26)36(34,35)30-21-22-9-3-1-4-10-22/h1-16,24,30-31H,17-21H2. The lowest BCUT2D eigenvalue weighted by molar-refractivity contribution is 0.0718. The lowest BCUT2D eigenvalue weighted by atomic mass is 10.0. The number of hydrogen-bond donors (Lipinski definition) is 2. The first-order valence-corrected chi connectivity index (χ1v) is 13.7. The minimum Gasteiger partial charge on any atom is -0.382 e. The van der Waals surface area contributed by atoms with Crippen LogP contribution in [0.2, 0.25) is 0 Å². The van der Waals surface area contributed by atoms with Crippen LogP contribution >= 0.6 is 0 Å². The van der Waals surface area contributed by atoms with Crippen LogP contribution in [0.4, 0.5) is 5.69 Å². The first-order chi connectivity index (χ1) is 17.5. The van der Waals surface area contributed by atoms with Crippen molar-refractivity contribution in [3.8, 4) is 0 Å². The number of nitrogens with one attached hydrogen (secondary N) is 2. The number of sulfonamides is 1. The van der Waals surface area contributed by atoms with E-state index in [1.54, 1.807) is 12.1 Å². The predicted octanol–water partition coefficient (Wildman–Crippen LogP) is 5.04. The SMILES string of the molecule is O=C(c1ccccc1)N1CCC(Nc2cccc3c(S(=O)(=O)NCc4ccccc4)cccc23)CC1. The third kappa shape index (κ3) is 5.27. The van der Waals surface area contributed by atoms with Crippen LogP contribution in [-0.2, 0) is 16.6 Å². The number of carbonyl (C=O) groups is 1. The molecule has 0 aromatic heterocycles. The minimum absolute atomic E-state index is 0.0667. The zero-order chi connectivity index (χ0) is 25.0. The Hall–Kier alpha value is -3.68. The third-order valence-corrected chi connectivity index (χ3v) is 8.10. The molecule has 0 unspecified atom stereocenters. The van der Waals surface area contributed by atoms with E-state index < -0.39 is 10.0 Å². The number of hydrogen-bond acceptors (Lipinski definition) is 4. The van der Waals surface area contributed by atoms with Crippen LogP contribution in [0, 0.1) is 0 Å². The molecular weight excluding hydrogens is 470 g/mol. The lowest BCUT2D eigenvalue weighted by Gasteiger charge is -2.33. The van der Waals surface area contributed by atoms with Crippen molar-refractivity contribution < 1.29 is 13.2 Å². The van der Waals surface area contributed by atoms with Crippen molar-refractivity contribution >= 4 is 32.4 Å². The molecule has 1 aliphatic rings. The predicted molar refractivity (Wildman–Crippen MR) is 143 cm³/mol. The molecule has 4 aromatic carbocycles. The fourth-order valence-corrected chi connectivity index (χ4v) is 5.94. The number of benzene rings is 4. The number of anilines is 1. The Kier molecular flexibility index (Phi) is 7.02. The number of amides is 1. The molecule has 0 spiro atoms. The number of likely N-dealkylation sites (tertiary alicyclic amines) is 1. The monoisotopic (exact) mass is 499 g/mol. The van der Waals surface area contributed by atoms with Crippen molar-refractivity contribution in [1.82, 2.24) is 9.62 Å². The highest BCUT2D eigenvalue weighted by Crippen LogP contribution is 2.30. The van der Waals surface area contributed by atoms with E-state index in [1.807, 2.05) is 89.8 Å². The van der Waals surface area contributed by atoms with E-state index in [0.717, 1.165) is 29.5 Å². The molecule has 0 atom stereocenters. The Morgan fingerprint density at radius 2 is 1.42 bits per heavy atom. The normalized spacial score (nSPS) is 14.6. The maximum atomic E-state index is 13.2. The molecule has 0 saturated carbocycles. The summed E-state index contributed by atoms with van der Waals surface area (Å²) in [6, 6.07) is 30.1. The molecule has 1 aliphatic heterocycles. The van der Waals surface area contributed by atoms with Gasteiger partial charge in [-0.1, -0.05) is 72.8 Å². The van der Waals surface area contributed by atoms with Crippen LogP contribution in [0.15, 0.2) is 102 Å². The quantitative estimate of drug-likeness (QED) is 0.374. The molecule has 36 heavy (non-hydrogen) atoms. The van der Waals surface area contributed by atoms with Crippen LogP contribution < -0.4 is 10.0 Å². The largest absolute Gasteiger partial charge is 0.382 e. The van der Waals surface area contributed by atoms with Gasteiger partial charge in [-0.05, 0) is 42.7 Å². The van der Waals surface area contributed by atoms with E-state index >= 15 is 0 Å². The van der Waals surface area contributed by atoms with E-state index in [2.05, 4.69) is 10.0 Å². The van der Waals surface area contributed by atoms with Crippen molar-refractivity contribution in [3.63, 3.8) is 0 Å². The van der Waals surface area contributed by atoms with Gasteiger partial charge in [0.15, 0.2) is 0 Å². The number of carbonyl (C=O) groups excluding carboxylic acids is 1. The highest BCUT2D eigenvalue weighted by Gasteiger charge is 2.24. The zero-order valence-electron chi connectivity index (χ0n) is 19.9. The van der Waals surface area contributed by atoms with Gasteiger partial charge >= 0.3 is 0 Å². The second kappa shape index (κ2) is 10.5. The van der Waals surface area contributed by atoms with Gasteiger partial charge in [0.1, 0.15) is 0 Å². The fourth-order valence-electron chi connectivity index (χ4n) is 4.70. The summed E-state index contributed by atoms with van der Waals surface area (Å²) in [7, 11) is -3.70. The smallest absolute Gasteiger partial charge is 0.253 e. The van der Waals surface area contributed by atoms with Gasteiger partial charge in [0.25, 0.3) is 5.91 Å². The van der Waals surface area contributed by atoms with E-state index in [0.29, 0.717) is 24.0 Å². The molecule has 7 heteroatoms. The molecule has 2 N–H and O–H groups in total. The summed E-state index contributed by atoms with van der Waals surface area (Å²) < 4.78 is 29.1. The molecule has 4 aromatic rings. The molecule has 0 radical (unpaired) electrons. The van der Waals surface area contributed by atoms with Gasteiger partial charge in [-0.3, -0.25) is 4.79 Å². The van der Waals surface area contributed by atoms with Gasteiger partial charge < -0.3 is 10.2 Å². The first kappa shape index (κ1) is 24.0. The number of nitrogens with zero attached hydrogens (tertiary/aromatic N) is 1. The highest BCUT2D eigenvalue weighted by molar-refractivity contribution is 7.89. The van der Waals surface area contributed by atoms with Crippen molar-refractivity contribution in [2.45, 2.75) is 30.3 Å². The molecule has 1 saturated heterocycles. The molecule has 0 bridgehead atoms. The molecule has 1 heterocycles. The Labute approximate surface area is 212 Å². The molecule has 1 fully saturated rings. The van der Waals surface area contributed by atoms with Gasteiger partial charge in [0.05, 0.1) is 4.90 Å². The molecule has 5 rings (SSSR count). The van der Waals surface area contributed by atoms with Crippen LogP contribution in [0.5, 0.6) is 0 Å². The molecule has 0 aliphatic carbocycles. The zero-order valence-corrected chi connectivity index (χ0v) is 20.7. The van der Waals surface area contributed by atoms with E-state index in [4.69, 9.17) is 0 Å². The lowest BCUT2D eigenvalue weighted by Crippen LogP contribution is -2.42. The molecular formula is C29H29N3O3S. The van der Waals surface area contributed by atoms with Crippen molar-refractivity contribution in [2.75, 3.05) is 18.4 Å². The Bertz CT molecular complexity index is 1450. The second-order valence-corrected chi connectivity index (χ2v) is 10.8. The average molecular weight is 500 g/mol. The molecule has 1 amide bonds. The van der Waals surface area contributed by atoms with E-state index in [-0.39, 0.29) is 23.4 Å². The Morgan fingerprint density at radius 3 is 2.14 bits per heavy atom. The number of rotatable bonds is 7. The maximum absolute atomic E-state index is 13.2. The molecule has 6 nitrogen and oxygen atoms in total. The van der Waals surface area contributed by atoms with Crippen molar-refractivity contribution in [2.24, 2.45) is 0 Å². The van der Waals surface area contributed by atoms with Crippen LogP contribution in [0.1, 0.15) is 28.8 Å². The summed E-state index contributed by atoms with van der Waals surface area (Å²) in [5, 5.41) is 5.15. The van der Waals surface area contributed by atoms with Crippen LogP contribution in [0.3, 0.4) is 0 Å². The van der Waals surface area contributed by atoms with E-state index in [1.165, 1.54) is 0 Å². The third-order valence-electron chi connectivity index (χ3n) is 6.64. The highest BCUT2D eigenvalue weighted by atomic mass is 32.2. The van der Waals surface area contributed by atoms with Crippen LogP contribution in [0.25, 0.3) is 10.8 Å². The summed E-state index contributed by atoms with van der Waals surface area (Å²) >= 11 is 0. The summed E-state index contributed by atoms with van der Waals surface area (Å²) in [6.45, 7) is 1.59. The van der Waals surface area contributed by atoms with Crippen LogP contribution in [-0.4, -0.2) is 38.4 Å². The Morgan fingerprint density at radius 1 is 0.778 bits per heavy atom. The number of piperidine rings is 1. The van der Waals surface area contributed by atoms with Gasteiger partial charge in [0, 0.05) is 47.7 Å². The van der Waals surface area contributed by atoms with Crippen molar-refractivity contribution in [3.05, 3.63) is 108 Å². The van der Waals surface area contributed by atoms with Crippen molar-refractivity contribution in [1.29, 1.82) is 0 Å². The summed E-state index contributed by atoms with van der Waals surface area (Å²) in [5.41, 5.74) is 2.52. The second-order valence-electron chi connectivity index (χ2n) is 9.04. The van der Waals surface area contributed by atoms with Gasteiger partial charge in [0.2, 0.25) is 10.0 Å². The molecule has 184 valence electrons. The number of fused-ring (bicyclic) bond motifs is 1. The minimum atomic E-state index is -3.70. The van der Waals surface area contributed by atoms with E-state index in [9.17, 15) is 13.2 Å². The summed E-state index contributed by atoms with van der Waals surface area (Å²) in [5.74, 6) is 0.0667. The fraction of sp³-hybridized carbons (Fsp3) is 0.207. The average Bonchev–Trinajstić information content (AvgIpc) is 2.93. The van der Waals surface area contributed by atoms with Gasteiger partial charge in [-0.15, -0.1) is 0 Å². The summed E-state index contributed by atoms with van der Waals surface area (Å²) in [6.07, 6.45) is 1.65. The Balaban J connectivity index is 1.30. The maximum Gasteiger partial charge on any atom is 0.253 e. The first-order valence-electron chi connectivity index (χ1n) is 12.2. The topological polar surface area (TPSA) is 78.5 Å². The van der Waals surface area contributed by atoms with Gasteiger partial charge in [-0.25, -0.2) is 13.1 Å².